The van der Waals surface area contributed by atoms with E-state index in [0.29, 0.717) is 5.69 Å². The molecule has 1 aromatic carbocycles. The van der Waals surface area contributed by atoms with Crippen LogP contribution in [0.5, 0.6) is 5.75 Å². The highest BCUT2D eigenvalue weighted by atomic mass is 19.1. The molecular weight excluding hydrogens is 241 g/mol. The largest absolute Gasteiger partial charge is 0.629 e. The predicted molar refractivity (Wildman–Crippen MR) is 62.0 cm³/mol. The van der Waals surface area contributed by atoms with E-state index in [-0.39, 0.29) is 23.7 Å². The summed E-state index contributed by atoms with van der Waals surface area (Å²) in [5, 5.41) is 30.0. The van der Waals surface area contributed by atoms with Crippen molar-refractivity contribution in [2.24, 2.45) is 0 Å². The van der Waals surface area contributed by atoms with Crippen LogP contribution in [0.25, 0.3) is 0 Å². The summed E-state index contributed by atoms with van der Waals surface area (Å²) >= 11 is 0. The van der Waals surface area contributed by atoms with Gasteiger partial charge in [-0.25, -0.2) is 4.39 Å². The molecule has 1 aliphatic carbocycles. The molecule has 3 N–H and O–H groups in total. The van der Waals surface area contributed by atoms with Crippen molar-refractivity contribution < 1.29 is 24.4 Å². The highest BCUT2D eigenvalue weighted by molar-refractivity contribution is 5.46. The first kappa shape index (κ1) is 13.2. The van der Waals surface area contributed by atoms with E-state index in [0.717, 1.165) is 6.07 Å². The van der Waals surface area contributed by atoms with Crippen LogP contribution in [-0.4, -0.2) is 35.6 Å². The maximum atomic E-state index is 13.1. The zero-order chi connectivity index (χ0) is 13.3. The van der Waals surface area contributed by atoms with E-state index in [1.807, 2.05) is 0 Å². The Morgan fingerprint density at radius 2 is 1.94 bits per heavy atom. The molecule has 0 saturated heterocycles. The number of quaternary nitrogens is 1. The number of hydrogen-bond acceptors (Lipinski definition) is 4. The highest BCUT2D eigenvalue weighted by Gasteiger charge is 2.33. The molecule has 0 radical (unpaired) electrons. The molecule has 1 fully saturated rings. The second-order valence-electron chi connectivity index (χ2n) is 4.54. The molecule has 18 heavy (non-hydrogen) atoms. The van der Waals surface area contributed by atoms with Gasteiger partial charge in [-0.15, -0.1) is 0 Å². The number of benzene rings is 1. The number of ether oxygens (including phenoxy) is 1. The molecule has 0 aromatic heterocycles. The second-order valence-corrected chi connectivity index (χ2v) is 4.54. The first-order valence-corrected chi connectivity index (χ1v) is 5.80. The van der Waals surface area contributed by atoms with Crippen molar-refractivity contribution in [3.8, 4) is 5.75 Å². The molecule has 0 bridgehead atoms. The van der Waals surface area contributed by atoms with Gasteiger partial charge in [0.15, 0.2) is 11.4 Å². The lowest BCUT2D eigenvalue weighted by Crippen LogP contribution is -2.98. The summed E-state index contributed by atoms with van der Waals surface area (Å²) in [4.78, 5) is 0. The second kappa shape index (κ2) is 5.19. The van der Waals surface area contributed by atoms with Crippen molar-refractivity contribution in [2.45, 2.75) is 31.2 Å². The van der Waals surface area contributed by atoms with Gasteiger partial charge in [0.1, 0.15) is 11.9 Å². The quantitative estimate of drug-likeness (QED) is 0.652. The molecule has 1 aliphatic rings. The summed E-state index contributed by atoms with van der Waals surface area (Å²) in [6, 6.07) is 3.71. The zero-order valence-electron chi connectivity index (χ0n) is 9.97. The third-order valence-corrected chi connectivity index (χ3v) is 3.07. The Labute approximate surface area is 104 Å². The molecule has 0 spiro atoms. The fraction of sp³-hybridized carbons (Fsp3) is 0.500. The third kappa shape index (κ3) is 2.78. The molecule has 1 saturated carbocycles. The Balaban J connectivity index is 2.15. The third-order valence-electron chi connectivity index (χ3n) is 3.07. The van der Waals surface area contributed by atoms with Gasteiger partial charge in [-0.1, -0.05) is 0 Å². The van der Waals surface area contributed by atoms with Gasteiger partial charge in [0.25, 0.3) is 0 Å². The number of nitrogens with one attached hydrogen (secondary N) is 1. The van der Waals surface area contributed by atoms with Crippen LogP contribution in [0, 0.1) is 11.0 Å². The maximum Gasteiger partial charge on any atom is 0.183 e. The molecule has 5 nitrogen and oxygen atoms in total. The molecule has 0 aliphatic heterocycles. The van der Waals surface area contributed by atoms with E-state index in [1.165, 1.54) is 19.2 Å². The van der Waals surface area contributed by atoms with E-state index < -0.39 is 24.1 Å². The van der Waals surface area contributed by atoms with Gasteiger partial charge in [0.2, 0.25) is 0 Å². The monoisotopic (exact) mass is 257 g/mol. The minimum atomic E-state index is -0.829. The summed E-state index contributed by atoms with van der Waals surface area (Å²) in [6.07, 6.45) is -1.52. The summed E-state index contributed by atoms with van der Waals surface area (Å²) in [5.74, 6) is -0.331. The minimum absolute atomic E-state index is 0.161. The summed E-state index contributed by atoms with van der Waals surface area (Å²) in [6.45, 7) is 0. The van der Waals surface area contributed by atoms with Crippen molar-refractivity contribution in [2.75, 3.05) is 7.05 Å². The lowest BCUT2D eigenvalue weighted by molar-refractivity contribution is -0.751. The van der Waals surface area contributed by atoms with Crippen LogP contribution in [0.15, 0.2) is 18.2 Å². The Morgan fingerprint density at radius 3 is 2.50 bits per heavy atom. The summed E-state index contributed by atoms with van der Waals surface area (Å²) < 4.78 is 18.7. The van der Waals surface area contributed by atoms with Crippen molar-refractivity contribution in [3.63, 3.8) is 0 Å². The van der Waals surface area contributed by atoms with E-state index >= 15 is 0 Å². The zero-order valence-corrected chi connectivity index (χ0v) is 9.97. The number of halogens is 1. The van der Waals surface area contributed by atoms with Crippen LogP contribution >= 0.6 is 0 Å². The number of hydrogen-bond donors (Lipinski definition) is 3. The van der Waals surface area contributed by atoms with E-state index in [9.17, 15) is 19.8 Å². The maximum absolute atomic E-state index is 13.1. The average molecular weight is 257 g/mol. The fourth-order valence-corrected chi connectivity index (χ4v) is 2.11. The smallest absolute Gasteiger partial charge is 0.183 e. The molecule has 4 atom stereocenters. The first-order valence-electron chi connectivity index (χ1n) is 5.80. The van der Waals surface area contributed by atoms with Gasteiger partial charge in [-0.05, 0) is 6.07 Å². The Kier molecular flexibility index (Phi) is 3.82. The van der Waals surface area contributed by atoms with E-state index in [4.69, 9.17) is 4.74 Å². The van der Waals surface area contributed by atoms with Gasteiger partial charge in [0.05, 0.1) is 19.3 Å². The molecule has 1 unspecified atom stereocenters. The van der Waals surface area contributed by atoms with Crippen LogP contribution in [0.1, 0.15) is 12.8 Å². The average Bonchev–Trinajstić information content (AvgIpc) is 2.57. The van der Waals surface area contributed by atoms with Crippen LogP contribution < -0.4 is 9.80 Å². The van der Waals surface area contributed by atoms with Crippen molar-refractivity contribution >= 4 is 5.69 Å². The lowest BCUT2D eigenvalue weighted by Gasteiger charge is -2.21. The van der Waals surface area contributed by atoms with Crippen molar-refractivity contribution in [1.82, 2.24) is 0 Å². The number of aliphatic hydroxyl groups excluding tert-OH is 2. The fourth-order valence-electron chi connectivity index (χ4n) is 2.11. The normalized spacial score (nSPS) is 29.3. The topological polar surface area (TPSA) is 77.2 Å². The van der Waals surface area contributed by atoms with Crippen LogP contribution in [-0.2, 0) is 0 Å². The van der Waals surface area contributed by atoms with E-state index in [2.05, 4.69) is 0 Å². The first-order chi connectivity index (χ1) is 8.47. The van der Waals surface area contributed by atoms with Gasteiger partial charge in [0, 0.05) is 25.0 Å². The van der Waals surface area contributed by atoms with Crippen LogP contribution in [0.3, 0.4) is 0 Å². The Morgan fingerprint density at radius 1 is 1.33 bits per heavy atom. The van der Waals surface area contributed by atoms with Gasteiger partial charge >= 0.3 is 0 Å². The SMILES string of the molecule is C[NH+]([O-])c1ccc(F)cc1O[C@H]1C[C@@H](O)[C@@H](O)C1. The minimum Gasteiger partial charge on any atom is -0.629 e. The Bertz CT molecular complexity index is 417. The van der Waals surface area contributed by atoms with Gasteiger partial charge < -0.3 is 25.2 Å². The summed E-state index contributed by atoms with van der Waals surface area (Å²) in [7, 11) is 1.37. The van der Waals surface area contributed by atoms with Crippen molar-refractivity contribution in [1.29, 1.82) is 0 Å². The van der Waals surface area contributed by atoms with E-state index in [1.54, 1.807) is 0 Å². The molecule has 100 valence electrons. The molecular formula is C12H16FNO4. The lowest BCUT2D eigenvalue weighted by atomic mass is 10.2. The van der Waals surface area contributed by atoms with Crippen LogP contribution in [0.4, 0.5) is 10.1 Å². The molecule has 0 amide bonds. The Hall–Kier alpha value is -1.21. The molecule has 2 rings (SSSR count). The van der Waals surface area contributed by atoms with Gasteiger partial charge in [-0.2, -0.15) is 0 Å². The number of hydroxylamine groups is 1. The number of aliphatic hydroxyl groups is 2. The van der Waals surface area contributed by atoms with Crippen LogP contribution in [0.2, 0.25) is 0 Å². The van der Waals surface area contributed by atoms with Crippen molar-refractivity contribution in [3.05, 3.63) is 29.2 Å². The standard InChI is InChI=1S/C12H16FNO4/c1-14(17)9-3-2-7(13)4-12(9)18-8-5-10(15)11(16)6-8/h2-4,8,10-11,14-16H,5-6H2,1H3/t8-,10+,11-. The molecule has 1 aromatic rings. The predicted octanol–water partition coefficient (Wildman–Crippen LogP) is -0.267. The number of rotatable bonds is 3. The molecule has 6 heteroatoms. The summed E-state index contributed by atoms with van der Waals surface area (Å²) in [5.41, 5.74) is 0.298. The highest BCUT2D eigenvalue weighted by Crippen LogP contribution is 2.29. The molecule has 0 heterocycles. The van der Waals surface area contributed by atoms with Gasteiger partial charge in [-0.3, -0.25) is 0 Å².